The molecule has 2 heteroatoms. The highest BCUT2D eigenvalue weighted by Crippen LogP contribution is 2.45. The fourth-order valence-electron chi connectivity index (χ4n) is 3.52. The van der Waals surface area contributed by atoms with E-state index in [2.05, 4.69) is 86.8 Å². The summed E-state index contributed by atoms with van der Waals surface area (Å²) < 4.78 is 6.69. The zero-order valence-electron chi connectivity index (χ0n) is 17.6. The average Bonchev–Trinajstić information content (AvgIpc) is 2.44. The lowest BCUT2D eigenvalue weighted by atomic mass is 9.61. The Hall–Kier alpha value is -1.02. The van der Waals surface area contributed by atoms with Gasteiger partial charge in [-0.2, -0.15) is 0 Å². The Morgan fingerprint density at radius 3 is 2.00 bits per heavy atom. The van der Waals surface area contributed by atoms with Crippen molar-refractivity contribution in [2.45, 2.75) is 61.4 Å². The van der Waals surface area contributed by atoms with Gasteiger partial charge in [0.25, 0.3) is 0 Å². The van der Waals surface area contributed by atoms with Crippen LogP contribution in [0.25, 0.3) is 0 Å². The van der Waals surface area contributed by atoms with Gasteiger partial charge in [0.1, 0.15) is 12.3 Å². The van der Waals surface area contributed by atoms with E-state index in [0.29, 0.717) is 11.3 Å². The van der Waals surface area contributed by atoms with Crippen LogP contribution in [0.5, 0.6) is 5.75 Å². The van der Waals surface area contributed by atoms with Gasteiger partial charge in [-0.15, -0.1) is 0 Å². The fraction of sp³-hybridized carbons (Fsp3) is 0.727. The van der Waals surface area contributed by atoms with Crippen molar-refractivity contribution < 1.29 is 9.22 Å². The quantitative estimate of drug-likeness (QED) is 0.522. The standard InChI is InChI=1S/C22H40NO/c1-10-15-24-20-13-11-19(12-14-20)16-23(8,9)17-21(4,5)22(6,7)18(2)3/h11-14,18H,10,15-17H2,1-9H3/q+1. The first-order valence-corrected chi connectivity index (χ1v) is 9.45. The Balaban J connectivity index is 2.78. The molecule has 0 bridgehead atoms. The van der Waals surface area contributed by atoms with Crippen molar-refractivity contribution in [2.24, 2.45) is 16.7 Å². The van der Waals surface area contributed by atoms with E-state index in [9.17, 15) is 0 Å². The maximum absolute atomic E-state index is 5.69. The van der Waals surface area contributed by atoms with Crippen LogP contribution in [0.4, 0.5) is 0 Å². The molecular formula is C22H40NO+. The van der Waals surface area contributed by atoms with Crippen LogP contribution in [0.1, 0.15) is 60.5 Å². The molecule has 0 atom stereocenters. The van der Waals surface area contributed by atoms with Crippen LogP contribution in [-0.2, 0) is 6.54 Å². The zero-order valence-corrected chi connectivity index (χ0v) is 17.6. The monoisotopic (exact) mass is 334 g/mol. The van der Waals surface area contributed by atoms with Gasteiger partial charge in [-0.1, -0.05) is 48.5 Å². The smallest absolute Gasteiger partial charge is 0.119 e. The summed E-state index contributed by atoms with van der Waals surface area (Å²) in [5, 5.41) is 0. The van der Waals surface area contributed by atoms with E-state index in [1.807, 2.05) is 0 Å². The predicted molar refractivity (Wildman–Crippen MR) is 105 cm³/mol. The normalized spacial score (nSPS) is 13.4. The first kappa shape index (κ1) is 21.0. The van der Waals surface area contributed by atoms with Gasteiger partial charge in [-0.3, -0.25) is 0 Å². The molecule has 1 rings (SSSR count). The molecule has 0 fully saturated rings. The van der Waals surface area contributed by atoms with E-state index < -0.39 is 0 Å². The Morgan fingerprint density at radius 1 is 1.00 bits per heavy atom. The van der Waals surface area contributed by atoms with Gasteiger partial charge >= 0.3 is 0 Å². The van der Waals surface area contributed by atoms with Gasteiger partial charge in [0.2, 0.25) is 0 Å². The molecule has 0 heterocycles. The lowest BCUT2D eigenvalue weighted by Crippen LogP contribution is -2.51. The molecule has 0 amide bonds. The van der Waals surface area contributed by atoms with Crippen molar-refractivity contribution >= 4 is 0 Å². The minimum Gasteiger partial charge on any atom is -0.494 e. The van der Waals surface area contributed by atoms with Crippen LogP contribution in [0.3, 0.4) is 0 Å². The number of quaternary nitrogens is 1. The van der Waals surface area contributed by atoms with Crippen molar-refractivity contribution in [1.29, 1.82) is 0 Å². The zero-order chi connectivity index (χ0) is 18.6. The number of ether oxygens (including phenoxy) is 1. The molecule has 0 aromatic heterocycles. The van der Waals surface area contributed by atoms with Crippen molar-refractivity contribution in [3.05, 3.63) is 29.8 Å². The van der Waals surface area contributed by atoms with Crippen LogP contribution in [0.2, 0.25) is 0 Å². The largest absolute Gasteiger partial charge is 0.494 e. The molecule has 2 nitrogen and oxygen atoms in total. The van der Waals surface area contributed by atoms with E-state index in [0.717, 1.165) is 36.3 Å². The summed E-state index contributed by atoms with van der Waals surface area (Å²) in [6.07, 6.45) is 1.05. The van der Waals surface area contributed by atoms with Gasteiger partial charge in [0, 0.05) is 11.0 Å². The van der Waals surface area contributed by atoms with Crippen LogP contribution in [-0.4, -0.2) is 31.7 Å². The van der Waals surface area contributed by atoms with Gasteiger partial charge in [0.05, 0.1) is 27.2 Å². The maximum atomic E-state index is 5.69. The summed E-state index contributed by atoms with van der Waals surface area (Å²) in [5.74, 6) is 1.65. The number of hydrogen-bond donors (Lipinski definition) is 0. The third-order valence-corrected chi connectivity index (χ3v) is 6.02. The van der Waals surface area contributed by atoms with Crippen LogP contribution < -0.4 is 4.74 Å². The Bertz CT molecular complexity index is 497. The second kappa shape index (κ2) is 7.91. The molecule has 1 aromatic carbocycles. The Morgan fingerprint density at radius 2 is 1.54 bits per heavy atom. The van der Waals surface area contributed by atoms with Crippen LogP contribution in [0.15, 0.2) is 24.3 Å². The van der Waals surface area contributed by atoms with Crippen molar-refractivity contribution in [2.75, 3.05) is 27.2 Å². The summed E-state index contributed by atoms with van der Waals surface area (Å²) in [7, 11) is 4.69. The Kier molecular flexibility index (Phi) is 6.93. The van der Waals surface area contributed by atoms with Gasteiger partial charge in [-0.05, 0) is 42.0 Å². The molecule has 0 aliphatic heterocycles. The molecular weight excluding hydrogens is 294 g/mol. The fourth-order valence-corrected chi connectivity index (χ4v) is 3.52. The molecule has 0 saturated carbocycles. The Labute approximate surface area is 150 Å². The summed E-state index contributed by atoms with van der Waals surface area (Å²) in [6.45, 7) is 19.5. The van der Waals surface area contributed by atoms with Gasteiger partial charge in [-0.25, -0.2) is 0 Å². The second-order valence-corrected chi connectivity index (χ2v) is 9.50. The molecule has 0 unspecified atom stereocenters. The molecule has 138 valence electrons. The summed E-state index contributed by atoms with van der Waals surface area (Å²) in [5.41, 5.74) is 1.96. The third kappa shape index (κ3) is 5.51. The molecule has 0 radical (unpaired) electrons. The minimum absolute atomic E-state index is 0.273. The lowest BCUT2D eigenvalue weighted by molar-refractivity contribution is -0.910. The van der Waals surface area contributed by atoms with E-state index in [1.165, 1.54) is 5.56 Å². The molecule has 0 spiro atoms. The van der Waals surface area contributed by atoms with E-state index in [-0.39, 0.29) is 5.41 Å². The average molecular weight is 335 g/mol. The molecule has 1 aromatic rings. The van der Waals surface area contributed by atoms with Crippen LogP contribution >= 0.6 is 0 Å². The minimum atomic E-state index is 0.273. The van der Waals surface area contributed by atoms with Gasteiger partial charge < -0.3 is 9.22 Å². The number of rotatable bonds is 9. The maximum Gasteiger partial charge on any atom is 0.119 e. The van der Waals surface area contributed by atoms with Crippen molar-refractivity contribution in [1.82, 2.24) is 0 Å². The van der Waals surface area contributed by atoms with Crippen molar-refractivity contribution in [3.8, 4) is 5.75 Å². The predicted octanol–water partition coefficient (Wildman–Crippen LogP) is 5.76. The number of hydrogen-bond acceptors (Lipinski definition) is 1. The number of nitrogens with zero attached hydrogens (tertiary/aromatic N) is 1. The first-order chi connectivity index (χ1) is 10.9. The van der Waals surface area contributed by atoms with E-state index in [1.54, 1.807) is 0 Å². The summed E-state index contributed by atoms with van der Waals surface area (Å²) in [4.78, 5) is 0. The highest BCUT2D eigenvalue weighted by atomic mass is 16.5. The molecule has 24 heavy (non-hydrogen) atoms. The van der Waals surface area contributed by atoms with E-state index in [4.69, 9.17) is 4.74 Å². The van der Waals surface area contributed by atoms with E-state index >= 15 is 0 Å². The SMILES string of the molecule is CCCOc1ccc(C[N+](C)(C)CC(C)(C)C(C)(C)C(C)C)cc1. The molecule has 0 N–H and O–H groups in total. The summed E-state index contributed by atoms with van der Waals surface area (Å²) >= 11 is 0. The topological polar surface area (TPSA) is 9.23 Å². The molecule has 0 aliphatic rings. The van der Waals surface area contributed by atoms with Crippen molar-refractivity contribution in [3.63, 3.8) is 0 Å². The highest BCUT2D eigenvalue weighted by molar-refractivity contribution is 5.26. The first-order valence-electron chi connectivity index (χ1n) is 9.45. The molecule has 0 aliphatic carbocycles. The third-order valence-electron chi connectivity index (χ3n) is 6.02. The lowest BCUT2D eigenvalue weighted by Gasteiger charge is -2.48. The highest BCUT2D eigenvalue weighted by Gasteiger charge is 2.43. The summed E-state index contributed by atoms with van der Waals surface area (Å²) in [6, 6.07) is 8.64. The van der Waals surface area contributed by atoms with Gasteiger partial charge in [0.15, 0.2) is 0 Å². The second-order valence-electron chi connectivity index (χ2n) is 9.50. The van der Waals surface area contributed by atoms with Crippen LogP contribution in [0, 0.1) is 16.7 Å². The molecule has 0 saturated heterocycles. The number of benzene rings is 1.